The summed E-state index contributed by atoms with van der Waals surface area (Å²) in [5.41, 5.74) is 2.19. The summed E-state index contributed by atoms with van der Waals surface area (Å²) in [4.78, 5) is 0. The average Bonchev–Trinajstić information content (AvgIpc) is 2.32. The first kappa shape index (κ1) is 10.7. The summed E-state index contributed by atoms with van der Waals surface area (Å²) in [7, 11) is 1.60. The van der Waals surface area contributed by atoms with Crippen molar-refractivity contribution in [2.75, 3.05) is 7.11 Å². The molecule has 0 saturated carbocycles. The molecule has 1 radical (unpaired) electrons. The molecule has 2 aromatic rings. The van der Waals surface area contributed by atoms with Crippen molar-refractivity contribution in [3.63, 3.8) is 0 Å². The molecule has 0 saturated heterocycles. The largest absolute Gasteiger partial charge is 0.497 e. The van der Waals surface area contributed by atoms with Crippen LogP contribution in [0.2, 0.25) is 0 Å². The highest BCUT2D eigenvalue weighted by Gasteiger charge is 2.05. The zero-order chi connectivity index (χ0) is 11.5. The van der Waals surface area contributed by atoms with Crippen LogP contribution in [0, 0.1) is 12.7 Å². The zero-order valence-corrected chi connectivity index (χ0v) is 9.03. The lowest BCUT2D eigenvalue weighted by molar-refractivity contribution is 0.415. The number of rotatable bonds is 2. The summed E-state index contributed by atoms with van der Waals surface area (Å²) in [6.45, 7) is 3.79. The van der Waals surface area contributed by atoms with Gasteiger partial charge in [-0.05, 0) is 42.3 Å². The molecule has 2 aromatic carbocycles. The third kappa shape index (κ3) is 2.06. The Morgan fingerprint density at radius 3 is 2.38 bits per heavy atom. The first-order chi connectivity index (χ1) is 7.70. The third-order valence-electron chi connectivity index (χ3n) is 2.43. The minimum absolute atomic E-state index is 0.238. The Hall–Kier alpha value is -1.83. The van der Waals surface area contributed by atoms with Crippen LogP contribution in [0.1, 0.15) is 5.56 Å². The lowest BCUT2D eigenvalue weighted by Crippen LogP contribution is -1.87. The topological polar surface area (TPSA) is 9.23 Å². The second-order valence-corrected chi connectivity index (χ2v) is 3.54. The van der Waals surface area contributed by atoms with Gasteiger partial charge in [-0.3, -0.25) is 0 Å². The first-order valence-electron chi connectivity index (χ1n) is 4.96. The van der Waals surface area contributed by atoms with Crippen LogP contribution in [-0.2, 0) is 0 Å². The fourth-order valence-electron chi connectivity index (χ4n) is 1.56. The van der Waals surface area contributed by atoms with Crippen LogP contribution >= 0.6 is 0 Å². The first-order valence-corrected chi connectivity index (χ1v) is 4.96. The highest BCUT2D eigenvalue weighted by Crippen LogP contribution is 2.25. The Labute approximate surface area is 94.5 Å². The van der Waals surface area contributed by atoms with Crippen molar-refractivity contribution in [3.05, 3.63) is 60.8 Å². The van der Waals surface area contributed by atoms with Gasteiger partial charge in [0.15, 0.2) is 0 Å². The van der Waals surface area contributed by atoms with Gasteiger partial charge in [0.2, 0.25) is 0 Å². The van der Waals surface area contributed by atoms with Crippen molar-refractivity contribution in [1.29, 1.82) is 0 Å². The highest BCUT2D eigenvalue weighted by atomic mass is 19.1. The number of ether oxygens (including phenoxy) is 1. The van der Waals surface area contributed by atoms with Crippen molar-refractivity contribution in [1.82, 2.24) is 0 Å². The maximum Gasteiger partial charge on any atom is 0.131 e. The van der Waals surface area contributed by atoms with E-state index < -0.39 is 0 Å². The monoisotopic (exact) mass is 215 g/mol. The van der Waals surface area contributed by atoms with Crippen LogP contribution < -0.4 is 4.74 Å². The van der Waals surface area contributed by atoms with Crippen molar-refractivity contribution >= 4 is 0 Å². The van der Waals surface area contributed by atoms with Gasteiger partial charge < -0.3 is 4.74 Å². The fourth-order valence-corrected chi connectivity index (χ4v) is 1.56. The SMILES string of the molecule is [CH2]c1ccc(F)c(-c2ccc(OC)cc2)c1. The van der Waals surface area contributed by atoms with E-state index in [1.807, 2.05) is 24.3 Å². The normalized spacial score (nSPS) is 10.2. The van der Waals surface area contributed by atoms with Gasteiger partial charge in [-0.1, -0.05) is 18.2 Å². The zero-order valence-electron chi connectivity index (χ0n) is 9.03. The van der Waals surface area contributed by atoms with Crippen LogP contribution in [-0.4, -0.2) is 7.11 Å². The molecule has 0 aliphatic heterocycles. The standard InChI is InChI=1S/C14H12FO/c1-10-3-8-14(15)13(9-10)11-4-6-12(16-2)7-5-11/h3-9H,1H2,2H3. The van der Waals surface area contributed by atoms with Gasteiger partial charge in [-0.2, -0.15) is 0 Å². The molecule has 0 amide bonds. The van der Waals surface area contributed by atoms with Crippen molar-refractivity contribution in [3.8, 4) is 16.9 Å². The molecule has 0 aliphatic rings. The molecule has 2 rings (SSSR count). The third-order valence-corrected chi connectivity index (χ3v) is 2.43. The lowest BCUT2D eigenvalue weighted by atomic mass is 10.0. The van der Waals surface area contributed by atoms with E-state index in [0.29, 0.717) is 5.56 Å². The Morgan fingerprint density at radius 2 is 1.75 bits per heavy atom. The van der Waals surface area contributed by atoms with Gasteiger partial charge in [0, 0.05) is 5.56 Å². The summed E-state index contributed by atoms with van der Waals surface area (Å²) >= 11 is 0. The molecule has 0 N–H and O–H groups in total. The Kier molecular flexibility index (Phi) is 2.91. The number of halogens is 1. The fraction of sp³-hybridized carbons (Fsp3) is 0.0714. The van der Waals surface area contributed by atoms with Crippen molar-refractivity contribution < 1.29 is 9.13 Å². The summed E-state index contributed by atoms with van der Waals surface area (Å²) < 4.78 is 18.6. The van der Waals surface area contributed by atoms with Gasteiger partial charge in [0.1, 0.15) is 11.6 Å². The molecular formula is C14H12FO. The Morgan fingerprint density at radius 1 is 1.06 bits per heavy atom. The van der Waals surface area contributed by atoms with E-state index in [9.17, 15) is 4.39 Å². The molecular weight excluding hydrogens is 203 g/mol. The van der Waals surface area contributed by atoms with Crippen LogP contribution in [0.5, 0.6) is 5.75 Å². The summed E-state index contributed by atoms with van der Waals surface area (Å²) in [5, 5.41) is 0. The van der Waals surface area contributed by atoms with E-state index in [4.69, 9.17) is 4.74 Å². The summed E-state index contributed by atoms with van der Waals surface area (Å²) in [6.07, 6.45) is 0. The smallest absolute Gasteiger partial charge is 0.131 e. The Balaban J connectivity index is 2.45. The molecule has 0 atom stereocenters. The summed E-state index contributed by atoms with van der Waals surface area (Å²) in [6, 6.07) is 12.1. The molecule has 81 valence electrons. The minimum atomic E-state index is -0.238. The van der Waals surface area contributed by atoms with Crippen molar-refractivity contribution in [2.45, 2.75) is 0 Å². The molecule has 0 aliphatic carbocycles. The summed E-state index contributed by atoms with van der Waals surface area (Å²) in [5.74, 6) is 0.521. The van der Waals surface area contributed by atoms with Crippen molar-refractivity contribution in [2.24, 2.45) is 0 Å². The van der Waals surface area contributed by atoms with Crippen LogP contribution in [0.4, 0.5) is 4.39 Å². The molecule has 0 unspecified atom stereocenters. The van der Waals surface area contributed by atoms with E-state index in [-0.39, 0.29) is 5.82 Å². The molecule has 0 aromatic heterocycles. The predicted octanol–water partition coefficient (Wildman–Crippen LogP) is 3.68. The van der Waals surface area contributed by atoms with Gasteiger partial charge in [0.05, 0.1) is 7.11 Å². The van der Waals surface area contributed by atoms with E-state index in [1.54, 1.807) is 19.2 Å². The average molecular weight is 215 g/mol. The quantitative estimate of drug-likeness (QED) is 0.742. The molecule has 0 fully saturated rings. The van der Waals surface area contributed by atoms with Crippen LogP contribution in [0.25, 0.3) is 11.1 Å². The molecule has 16 heavy (non-hydrogen) atoms. The van der Waals surface area contributed by atoms with Crippen LogP contribution in [0.3, 0.4) is 0 Å². The van der Waals surface area contributed by atoms with E-state index in [2.05, 4.69) is 6.92 Å². The molecule has 0 heterocycles. The van der Waals surface area contributed by atoms with Gasteiger partial charge in [-0.15, -0.1) is 0 Å². The van der Waals surface area contributed by atoms with E-state index in [0.717, 1.165) is 16.9 Å². The maximum absolute atomic E-state index is 13.6. The highest BCUT2D eigenvalue weighted by molar-refractivity contribution is 5.65. The van der Waals surface area contributed by atoms with Crippen LogP contribution in [0.15, 0.2) is 42.5 Å². The molecule has 2 heteroatoms. The second kappa shape index (κ2) is 4.35. The second-order valence-electron chi connectivity index (χ2n) is 3.54. The van der Waals surface area contributed by atoms with Gasteiger partial charge in [0.25, 0.3) is 0 Å². The van der Waals surface area contributed by atoms with E-state index >= 15 is 0 Å². The maximum atomic E-state index is 13.6. The number of benzene rings is 2. The molecule has 1 nitrogen and oxygen atoms in total. The minimum Gasteiger partial charge on any atom is -0.497 e. The Bertz CT molecular complexity index is 489. The number of hydrogen-bond acceptors (Lipinski definition) is 1. The van der Waals surface area contributed by atoms with E-state index in [1.165, 1.54) is 6.07 Å². The molecule has 0 spiro atoms. The number of methoxy groups -OCH3 is 1. The number of hydrogen-bond donors (Lipinski definition) is 0. The lowest BCUT2D eigenvalue weighted by Gasteiger charge is -2.06. The van der Waals surface area contributed by atoms with Gasteiger partial charge >= 0.3 is 0 Å². The predicted molar refractivity (Wildman–Crippen MR) is 62.8 cm³/mol. The molecule has 0 bridgehead atoms. The van der Waals surface area contributed by atoms with Gasteiger partial charge in [-0.25, -0.2) is 4.39 Å².